The van der Waals surface area contributed by atoms with Gasteiger partial charge >= 0.3 is 6.03 Å². The molecule has 4 heterocycles. The Hall–Kier alpha value is -4.24. The highest BCUT2D eigenvalue weighted by Gasteiger charge is 2.40. The highest BCUT2D eigenvalue weighted by atomic mass is 16.2. The number of aromatic nitrogens is 3. The van der Waals surface area contributed by atoms with Crippen molar-refractivity contribution in [3.8, 4) is 22.5 Å². The quantitative estimate of drug-likeness (QED) is 0.416. The molecule has 1 aliphatic carbocycles. The number of nitrogens with zero attached hydrogens (tertiary/aromatic N) is 7. The second-order valence-corrected chi connectivity index (χ2v) is 11.6. The second-order valence-electron chi connectivity index (χ2n) is 11.6. The summed E-state index contributed by atoms with van der Waals surface area (Å²) in [6, 6.07) is 21.5. The van der Waals surface area contributed by atoms with E-state index in [0.717, 1.165) is 90.5 Å². The van der Waals surface area contributed by atoms with Gasteiger partial charge in [-0.05, 0) is 25.0 Å². The van der Waals surface area contributed by atoms with Crippen LogP contribution in [0.2, 0.25) is 0 Å². The third kappa shape index (κ3) is 4.64. The molecule has 2 amide bonds. The number of benzene rings is 2. The number of hydrogen-bond acceptors (Lipinski definition) is 6. The van der Waals surface area contributed by atoms with E-state index in [1.165, 1.54) is 0 Å². The molecule has 1 saturated heterocycles. The van der Waals surface area contributed by atoms with Crippen LogP contribution in [-0.4, -0.2) is 94.0 Å². The molecule has 1 saturated carbocycles. The van der Waals surface area contributed by atoms with Crippen LogP contribution in [0.15, 0.2) is 65.7 Å². The Morgan fingerprint density at radius 1 is 0.902 bits per heavy atom. The Morgan fingerprint density at radius 2 is 1.66 bits per heavy atom. The van der Waals surface area contributed by atoms with Gasteiger partial charge in [0.05, 0.1) is 23.4 Å². The fourth-order valence-electron chi connectivity index (χ4n) is 6.51. The zero-order valence-corrected chi connectivity index (χ0v) is 23.7. The van der Waals surface area contributed by atoms with Crippen molar-refractivity contribution in [3.63, 3.8) is 0 Å². The maximum atomic E-state index is 12.3. The number of fused-ring (bicyclic) bond motifs is 2. The van der Waals surface area contributed by atoms with Gasteiger partial charge in [-0.15, -0.1) is 0 Å². The van der Waals surface area contributed by atoms with Gasteiger partial charge in [0.15, 0.2) is 0 Å². The van der Waals surface area contributed by atoms with E-state index in [4.69, 9.17) is 15.7 Å². The smallest absolute Gasteiger partial charge is 0.319 e. The lowest BCUT2D eigenvalue weighted by Crippen LogP contribution is -2.56. The van der Waals surface area contributed by atoms with Gasteiger partial charge in [0.1, 0.15) is 17.4 Å². The summed E-state index contributed by atoms with van der Waals surface area (Å²) >= 11 is 0. The average Bonchev–Trinajstić information content (AvgIpc) is 3.36. The Kier molecular flexibility index (Phi) is 6.46. The average molecular weight is 549 g/mol. The molecule has 2 aliphatic heterocycles. The fraction of sp³-hybridized carbons (Fsp3) is 0.375. The summed E-state index contributed by atoms with van der Waals surface area (Å²) in [5, 5.41) is 1.09. The van der Waals surface area contributed by atoms with Crippen LogP contribution in [-0.2, 0) is 6.54 Å². The number of piperazine rings is 1. The molecule has 2 aromatic carbocycles. The van der Waals surface area contributed by atoms with Gasteiger partial charge in [0, 0.05) is 75.3 Å². The first kappa shape index (κ1) is 25.7. The van der Waals surface area contributed by atoms with Crippen LogP contribution in [0.1, 0.15) is 30.3 Å². The van der Waals surface area contributed by atoms with Crippen LogP contribution in [0.4, 0.5) is 4.79 Å². The minimum Gasteiger partial charge on any atom is -0.382 e. The standard InChI is InChI=1S/C32H36N8O/c1-37(2)32(41)39-16-14-38(15-17-39)25-18-24(19-25)31-36-28(29-30(33)34-12-13-40(29)31)23-9-8-22-10-11-26(35-27(22)20-23)21-6-4-3-5-7-21/h3-11,20,24-25H,12-19H2,1-2H3,(H2,33,34). The van der Waals surface area contributed by atoms with Gasteiger partial charge in [-0.3, -0.25) is 9.89 Å². The Bertz CT molecular complexity index is 1630. The van der Waals surface area contributed by atoms with Crippen molar-refractivity contribution < 1.29 is 4.79 Å². The SMILES string of the molecule is CN(C)C(=O)N1CCN(C2CC(c3nc(-c4ccc5ccc(-c6ccccc6)nc5c4)c4n3CCN=C4N)C2)CC1. The maximum Gasteiger partial charge on any atom is 0.319 e. The number of amidine groups is 1. The molecular weight excluding hydrogens is 512 g/mol. The van der Waals surface area contributed by atoms with E-state index in [0.29, 0.717) is 24.3 Å². The minimum atomic E-state index is 0.104. The van der Waals surface area contributed by atoms with E-state index in [1.54, 1.807) is 4.90 Å². The number of imidazole rings is 1. The maximum absolute atomic E-state index is 12.3. The van der Waals surface area contributed by atoms with Gasteiger partial charge in [-0.1, -0.05) is 48.5 Å². The zero-order valence-electron chi connectivity index (χ0n) is 23.7. The molecule has 7 rings (SSSR count). The van der Waals surface area contributed by atoms with Crippen molar-refractivity contribution >= 4 is 22.8 Å². The molecule has 0 radical (unpaired) electrons. The summed E-state index contributed by atoms with van der Waals surface area (Å²) in [6.07, 6.45) is 2.16. The molecule has 2 fully saturated rings. The van der Waals surface area contributed by atoms with Gasteiger partial charge < -0.3 is 20.1 Å². The van der Waals surface area contributed by atoms with Crippen LogP contribution < -0.4 is 5.73 Å². The first-order valence-electron chi connectivity index (χ1n) is 14.5. The van der Waals surface area contributed by atoms with Gasteiger partial charge in [0.25, 0.3) is 0 Å². The summed E-state index contributed by atoms with van der Waals surface area (Å²) in [5.41, 5.74) is 12.3. The number of hydrogen-bond donors (Lipinski definition) is 1. The summed E-state index contributed by atoms with van der Waals surface area (Å²) < 4.78 is 2.31. The molecule has 2 aromatic heterocycles. The number of pyridine rings is 1. The molecule has 2 N–H and O–H groups in total. The lowest BCUT2D eigenvalue weighted by Gasteiger charge is -2.46. The number of carbonyl (C=O) groups excluding carboxylic acids is 1. The predicted octanol–water partition coefficient (Wildman–Crippen LogP) is 4.03. The van der Waals surface area contributed by atoms with E-state index in [1.807, 2.05) is 37.2 Å². The minimum absolute atomic E-state index is 0.104. The number of rotatable bonds is 4. The van der Waals surface area contributed by atoms with E-state index in [2.05, 4.69) is 56.9 Å². The second kappa shape index (κ2) is 10.3. The van der Waals surface area contributed by atoms with Crippen LogP contribution in [0, 0.1) is 0 Å². The van der Waals surface area contributed by atoms with Gasteiger partial charge in [-0.2, -0.15) is 0 Å². The van der Waals surface area contributed by atoms with Crippen LogP contribution >= 0.6 is 0 Å². The highest BCUT2D eigenvalue weighted by Crippen LogP contribution is 2.42. The van der Waals surface area contributed by atoms with Gasteiger partial charge in [-0.25, -0.2) is 14.8 Å². The number of amides is 2. The normalized spacial score (nSPS) is 20.8. The molecule has 41 heavy (non-hydrogen) atoms. The molecule has 0 bridgehead atoms. The number of carbonyl (C=O) groups is 1. The highest BCUT2D eigenvalue weighted by molar-refractivity contribution is 6.02. The van der Waals surface area contributed by atoms with E-state index in [9.17, 15) is 4.79 Å². The van der Waals surface area contributed by atoms with Crippen molar-refractivity contribution in [2.75, 3.05) is 46.8 Å². The molecular formula is C32H36N8O. The number of urea groups is 1. The third-order valence-corrected chi connectivity index (χ3v) is 8.84. The van der Waals surface area contributed by atoms with Crippen LogP contribution in [0.5, 0.6) is 0 Å². The summed E-state index contributed by atoms with van der Waals surface area (Å²) in [6.45, 7) is 4.91. The monoisotopic (exact) mass is 548 g/mol. The van der Waals surface area contributed by atoms with E-state index in [-0.39, 0.29) is 6.03 Å². The summed E-state index contributed by atoms with van der Waals surface area (Å²) in [4.78, 5) is 33.3. The summed E-state index contributed by atoms with van der Waals surface area (Å²) in [7, 11) is 3.64. The van der Waals surface area contributed by atoms with Crippen LogP contribution in [0.25, 0.3) is 33.4 Å². The summed E-state index contributed by atoms with van der Waals surface area (Å²) in [5.74, 6) is 2.08. The number of aliphatic imine (C=N–C) groups is 1. The molecule has 3 aliphatic rings. The largest absolute Gasteiger partial charge is 0.382 e. The number of nitrogens with two attached hydrogens (primary N) is 1. The van der Waals surface area contributed by atoms with Gasteiger partial charge in [0.2, 0.25) is 0 Å². The Morgan fingerprint density at radius 3 is 2.41 bits per heavy atom. The fourth-order valence-corrected chi connectivity index (χ4v) is 6.51. The van der Waals surface area contributed by atoms with Crippen LogP contribution in [0.3, 0.4) is 0 Å². The first-order chi connectivity index (χ1) is 20.0. The van der Waals surface area contributed by atoms with Crippen molar-refractivity contribution in [1.29, 1.82) is 0 Å². The molecule has 9 heteroatoms. The van der Waals surface area contributed by atoms with Crippen molar-refractivity contribution in [3.05, 3.63) is 72.2 Å². The van der Waals surface area contributed by atoms with Crippen molar-refractivity contribution in [1.82, 2.24) is 29.2 Å². The lowest BCUT2D eigenvalue weighted by molar-refractivity contribution is 0.0550. The molecule has 4 aromatic rings. The molecule has 0 atom stereocenters. The molecule has 0 unspecified atom stereocenters. The lowest BCUT2D eigenvalue weighted by atomic mass is 9.78. The third-order valence-electron chi connectivity index (χ3n) is 8.84. The molecule has 9 nitrogen and oxygen atoms in total. The Labute approximate surface area is 240 Å². The first-order valence-corrected chi connectivity index (χ1v) is 14.5. The molecule has 0 spiro atoms. The zero-order chi connectivity index (χ0) is 28.1. The van der Waals surface area contributed by atoms with E-state index < -0.39 is 0 Å². The Balaban J connectivity index is 1.14. The van der Waals surface area contributed by atoms with E-state index >= 15 is 0 Å². The van der Waals surface area contributed by atoms with Crippen molar-refractivity contribution in [2.45, 2.75) is 31.3 Å². The predicted molar refractivity (Wildman–Crippen MR) is 162 cm³/mol. The molecule has 210 valence electrons. The van der Waals surface area contributed by atoms with Crippen molar-refractivity contribution in [2.24, 2.45) is 10.7 Å². The topological polar surface area (TPSA) is 95.9 Å².